The third-order valence-corrected chi connectivity index (χ3v) is 4.88. The van der Waals surface area contributed by atoms with Gasteiger partial charge in [-0.05, 0) is 37.1 Å². The number of rotatable bonds is 4. The Morgan fingerprint density at radius 2 is 1.86 bits per heavy atom. The second kappa shape index (κ2) is 6.88. The van der Waals surface area contributed by atoms with E-state index in [0.29, 0.717) is 22.3 Å². The maximum atomic E-state index is 12.3. The molecule has 6 heteroatoms. The zero-order valence-electron chi connectivity index (χ0n) is 15.4. The molecule has 28 heavy (non-hydrogen) atoms. The van der Waals surface area contributed by atoms with Crippen molar-refractivity contribution in [2.45, 2.75) is 26.9 Å². The molecule has 1 N–H and O–H groups in total. The maximum absolute atomic E-state index is 12.3. The Kier molecular flexibility index (Phi) is 4.39. The second-order valence-corrected chi connectivity index (χ2v) is 6.75. The highest BCUT2D eigenvalue weighted by molar-refractivity contribution is 5.87. The van der Waals surface area contributed by atoms with Gasteiger partial charge in [-0.25, -0.2) is 4.79 Å². The average molecular weight is 378 g/mol. The van der Waals surface area contributed by atoms with Crippen molar-refractivity contribution in [3.05, 3.63) is 75.3 Å². The molecule has 0 amide bonds. The molecular weight excluding hydrogens is 360 g/mol. The van der Waals surface area contributed by atoms with E-state index in [-0.39, 0.29) is 18.8 Å². The van der Waals surface area contributed by atoms with E-state index in [9.17, 15) is 14.7 Å². The first kappa shape index (κ1) is 17.9. The minimum Gasteiger partial charge on any atom is -0.508 e. The molecule has 2 aromatic heterocycles. The first-order valence-electron chi connectivity index (χ1n) is 8.80. The molecule has 0 aliphatic heterocycles. The Labute approximate surface area is 160 Å². The number of fused-ring (bicyclic) bond motifs is 2. The second-order valence-electron chi connectivity index (χ2n) is 6.75. The van der Waals surface area contributed by atoms with Gasteiger partial charge in [0.1, 0.15) is 23.5 Å². The minimum atomic E-state index is -0.479. The van der Waals surface area contributed by atoms with Gasteiger partial charge in [0.25, 0.3) is 0 Å². The van der Waals surface area contributed by atoms with Crippen LogP contribution in [0.1, 0.15) is 22.3 Å². The highest BCUT2D eigenvalue weighted by atomic mass is 16.5. The summed E-state index contributed by atoms with van der Waals surface area (Å²) in [5.41, 5.74) is 3.71. The Morgan fingerprint density at radius 1 is 1.07 bits per heavy atom. The molecular formula is C22H18O6. The van der Waals surface area contributed by atoms with E-state index in [1.807, 2.05) is 26.0 Å². The van der Waals surface area contributed by atoms with E-state index in [4.69, 9.17) is 13.6 Å². The van der Waals surface area contributed by atoms with Gasteiger partial charge in [-0.1, -0.05) is 12.1 Å². The van der Waals surface area contributed by atoms with Crippen molar-refractivity contribution in [2.75, 3.05) is 0 Å². The maximum Gasteiger partial charge on any atom is 0.336 e. The van der Waals surface area contributed by atoms with Crippen molar-refractivity contribution in [1.82, 2.24) is 0 Å². The lowest BCUT2D eigenvalue weighted by molar-refractivity contribution is -0.144. The largest absolute Gasteiger partial charge is 0.508 e. The number of carbonyl (C=O) groups is 1. The van der Waals surface area contributed by atoms with Gasteiger partial charge in [-0.2, -0.15) is 0 Å². The molecule has 4 aromatic rings. The number of carbonyl (C=O) groups excluding carboxylic acids is 1. The number of aryl methyl sites for hydroxylation is 2. The topological polar surface area (TPSA) is 89.9 Å². The molecule has 0 spiro atoms. The van der Waals surface area contributed by atoms with Gasteiger partial charge in [0, 0.05) is 34.0 Å². The van der Waals surface area contributed by atoms with Gasteiger partial charge < -0.3 is 18.7 Å². The molecule has 0 atom stereocenters. The van der Waals surface area contributed by atoms with Crippen LogP contribution in [0.5, 0.6) is 5.75 Å². The lowest BCUT2D eigenvalue weighted by Gasteiger charge is -2.09. The number of phenolic OH excluding ortho intramolecular Hbond substituents is 1. The zero-order chi connectivity index (χ0) is 19.8. The summed E-state index contributed by atoms with van der Waals surface area (Å²) in [6.45, 7) is 3.80. The van der Waals surface area contributed by atoms with Crippen LogP contribution in [-0.4, -0.2) is 11.1 Å². The van der Waals surface area contributed by atoms with Crippen LogP contribution in [0.4, 0.5) is 0 Å². The molecule has 0 saturated carbocycles. The van der Waals surface area contributed by atoms with Gasteiger partial charge >= 0.3 is 11.6 Å². The van der Waals surface area contributed by atoms with Crippen molar-refractivity contribution in [2.24, 2.45) is 0 Å². The number of hydrogen-bond donors (Lipinski definition) is 1. The Bertz CT molecular complexity index is 1260. The summed E-state index contributed by atoms with van der Waals surface area (Å²) in [7, 11) is 0. The smallest absolute Gasteiger partial charge is 0.336 e. The van der Waals surface area contributed by atoms with Crippen LogP contribution < -0.4 is 5.63 Å². The summed E-state index contributed by atoms with van der Waals surface area (Å²) in [6, 6.07) is 9.87. The van der Waals surface area contributed by atoms with Crippen LogP contribution in [0, 0.1) is 13.8 Å². The summed E-state index contributed by atoms with van der Waals surface area (Å²) >= 11 is 0. The Morgan fingerprint density at radius 3 is 2.68 bits per heavy atom. The number of phenols is 1. The molecule has 0 unspecified atom stereocenters. The SMILES string of the molecule is Cc1ccc2c(COC(=O)Cc3coc4cc(O)ccc34)cc(=O)oc2c1C. The molecule has 0 fully saturated rings. The lowest BCUT2D eigenvalue weighted by atomic mass is 10.0. The molecule has 2 aromatic carbocycles. The molecule has 2 heterocycles. The van der Waals surface area contributed by atoms with Gasteiger partial charge in [0.15, 0.2) is 0 Å². The number of aromatic hydroxyl groups is 1. The van der Waals surface area contributed by atoms with Gasteiger partial charge in [0.2, 0.25) is 0 Å². The van der Waals surface area contributed by atoms with E-state index in [1.165, 1.54) is 24.5 Å². The van der Waals surface area contributed by atoms with E-state index >= 15 is 0 Å². The summed E-state index contributed by atoms with van der Waals surface area (Å²) in [6.07, 6.45) is 1.50. The van der Waals surface area contributed by atoms with Crippen LogP contribution in [0.25, 0.3) is 21.9 Å². The average Bonchev–Trinajstić information content (AvgIpc) is 3.05. The first-order valence-corrected chi connectivity index (χ1v) is 8.80. The zero-order valence-corrected chi connectivity index (χ0v) is 15.4. The summed E-state index contributed by atoms with van der Waals surface area (Å²) in [5, 5.41) is 11.0. The van der Waals surface area contributed by atoms with Gasteiger partial charge in [0.05, 0.1) is 12.7 Å². The number of esters is 1. The fourth-order valence-electron chi connectivity index (χ4n) is 3.22. The molecule has 0 saturated heterocycles. The summed E-state index contributed by atoms with van der Waals surface area (Å²) in [4.78, 5) is 24.2. The molecule has 6 nitrogen and oxygen atoms in total. The van der Waals surface area contributed by atoms with E-state index in [2.05, 4.69) is 0 Å². The summed E-state index contributed by atoms with van der Waals surface area (Å²) < 4.78 is 16.1. The van der Waals surface area contributed by atoms with Crippen molar-refractivity contribution in [3.8, 4) is 5.75 Å². The number of ether oxygens (including phenoxy) is 1. The highest BCUT2D eigenvalue weighted by Gasteiger charge is 2.14. The van der Waals surface area contributed by atoms with Gasteiger partial charge in [-0.15, -0.1) is 0 Å². The molecule has 0 radical (unpaired) electrons. The fraction of sp³-hybridized carbons (Fsp3) is 0.182. The monoisotopic (exact) mass is 378 g/mol. The van der Waals surface area contributed by atoms with Crippen molar-refractivity contribution in [1.29, 1.82) is 0 Å². The van der Waals surface area contributed by atoms with E-state index < -0.39 is 11.6 Å². The predicted octanol–water partition coefficient (Wildman–Crippen LogP) is 4.15. The third-order valence-electron chi connectivity index (χ3n) is 4.88. The van der Waals surface area contributed by atoms with Crippen molar-refractivity contribution >= 4 is 27.9 Å². The highest BCUT2D eigenvalue weighted by Crippen LogP contribution is 2.26. The van der Waals surface area contributed by atoms with Crippen molar-refractivity contribution in [3.63, 3.8) is 0 Å². The van der Waals surface area contributed by atoms with E-state index in [0.717, 1.165) is 21.9 Å². The Balaban J connectivity index is 1.55. The standard InChI is InChI=1S/C22H18O6/c1-12-3-5-18-15(8-21(25)28-22(18)13(12)2)11-27-20(24)7-14-10-26-19-9-16(23)4-6-17(14)19/h3-6,8-10,23H,7,11H2,1-2H3. The number of furan rings is 1. The third kappa shape index (κ3) is 3.24. The van der Waals surface area contributed by atoms with Crippen LogP contribution in [0.2, 0.25) is 0 Å². The molecule has 0 bridgehead atoms. The number of benzene rings is 2. The molecule has 0 aliphatic rings. The van der Waals surface area contributed by atoms with Crippen LogP contribution >= 0.6 is 0 Å². The van der Waals surface area contributed by atoms with Crippen molar-refractivity contribution < 1.29 is 23.5 Å². The minimum absolute atomic E-state index is 0.0231. The normalized spacial score (nSPS) is 11.2. The molecule has 0 aliphatic carbocycles. The lowest BCUT2D eigenvalue weighted by Crippen LogP contribution is -2.10. The first-order chi connectivity index (χ1) is 13.4. The molecule has 142 valence electrons. The van der Waals surface area contributed by atoms with Crippen LogP contribution in [0.15, 0.2) is 56.3 Å². The molecule has 4 rings (SSSR count). The summed E-state index contributed by atoms with van der Waals surface area (Å²) in [5.74, 6) is -0.350. The fourth-order valence-corrected chi connectivity index (χ4v) is 3.22. The van der Waals surface area contributed by atoms with Gasteiger partial charge in [-0.3, -0.25) is 4.79 Å². The van der Waals surface area contributed by atoms with Crippen LogP contribution in [0.3, 0.4) is 0 Å². The van der Waals surface area contributed by atoms with E-state index in [1.54, 1.807) is 6.07 Å². The predicted molar refractivity (Wildman–Crippen MR) is 103 cm³/mol. The Hall–Kier alpha value is -3.54. The quantitative estimate of drug-likeness (QED) is 0.424. The number of hydrogen-bond acceptors (Lipinski definition) is 6. The van der Waals surface area contributed by atoms with Crippen LogP contribution in [-0.2, 0) is 22.6 Å².